The van der Waals surface area contributed by atoms with Gasteiger partial charge >= 0.3 is 23.6 Å². The van der Waals surface area contributed by atoms with Crippen LogP contribution in [0.25, 0.3) is 0 Å². The Hall–Kier alpha value is -4.58. The molecule has 1 aromatic heterocycles. The van der Waals surface area contributed by atoms with Crippen molar-refractivity contribution in [1.82, 2.24) is 15.0 Å². The maximum absolute atomic E-state index is 14.7. The summed E-state index contributed by atoms with van der Waals surface area (Å²) in [6, 6.07) is 1.11. The molecule has 6 rings (SSSR count). The number of nitrogens with zero attached hydrogens (tertiary/aromatic N) is 3. The Morgan fingerprint density at radius 3 is 2.62 bits per heavy atom. The number of fused-ring (bicyclic) bond motifs is 1. The van der Waals surface area contributed by atoms with Gasteiger partial charge in [-0.05, 0) is 117 Å². The third kappa shape index (κ3) is 11.8. The minimum Gasteiger partial charge on any atom is -0.463 e. The van der Waals surface area contributed by atoms with E-state index in [2.05, 4.69) is 54.2 Å². The highest BCUT2D eigenvalue weighted by atomic mass is 19.3. The van der Waals surface area contributed by atoms with Crippen LogP contribution in [0.15, 0.2) is 69.8 Å². The molecule has 0 aromatic carbocycles. The summed E-state index contributed by atoms with van der Waals surface area (Å²) in [7, 11) is 0. The molecule has 15 nitrogen and oxygen atoms in total. The second kappa shape index (κ2) is 20.5. The van der Waals surface area contributed by atoms with Gasteiger partial charge < -0.3 is 35.3 Å². The first-order chi connectivity index (χ1) is 29.9. The summed E-state index contributed by atoms with van der Waals surface area (Å²) in [6.07, 6.45) is 10.2. The van der Waals surface area contributed by atoms with Crippen molar-refractivity contribution >= 4 is 29.4 Å². The number of anilines is 1. The number of ether oxygens (including phenoxy) is 3. The number of aliphatic hydroxyl groups is 3. The summed E-state index contributed by atoms with van der Waals surface area (Å²) >= 11 is 0. The van der Waals surface area contributed by atoms with Crippen molar-refractivity contribution in [3.8, 4) is 0 Å². The van der Waals surface area contributed by atoms with Gasteiger partial charge in [-0.15, -0.1) is 0 Å². The molecule has 1 aliphatic heterocycles. The van der Waals surface area contributed by atoms with Gasteiger partial charge in [0.1, 0.15) is 24.6 Å². The largest absolute Gasteiger partial charge is 0.463 e. The lowest BCUT2D eigenvalue weighted by Gasteiger charge is -2.44. The molecule has 4 aliphatic carbocycles. The zero-order valence-electron chi connectivity index (χ0n) is 36.4. The molecule has 4 saturated carbocycles. The number of hydrogen-bond acceptors (Lipinski definition) is 13. The van der Waals surface area contributed by atoms with Crippen LogP contribution in [0.2, 0.25) is 0 Å². The zero-order valence-corrected chi connectivity index (χ0v) is 36.4. The van der Waals surface area contributed by atoms with Crippen molar-refractivity contribution in [3.05, 3.63) is 70.3 Å². The number of carbonyl (C=O) groups excluding carboxylic acids is 3. The smallest absolute Gasteiger partial charge is 0.351 e. The molecular weight excluding hydrogens is 821 g/mol. The minimum atomic E-state index is -3.92. The molecule has 1 saturated heterocycles. The van der Waals surface area contributed by atoms with Crippen LogP contribution < -0.4 is 16.8 Å². The lowest BCUT2D eigenvalue weighted by atomic mass is 9.61. The minimum absolute atomic E-state index is 0.0733. The van der Waals surface area contributed by atoms with Crippen molar-refractivity contribution in [2.24, 2.45) is 34.2 Å². The van der Waals surface area contributed by atoms with Gasteiger partial charge in [0.25, 0.3) is 0 Å². The van der Waals surface area contributed by atoms with Crippen LogP contribution in [0, 0.1) is 29.1 Å². The Bertz CT molecular complexity index is 2050. The van der Waals surface area contributed by atoms with Crippen LogP contribution in [-0.2, 0) is 28.6 Å². The highest BCUT2D eigenvalue weighted by Gasteiger charge is 2.60. The Morgan fingerprint density at radius 2 is 1.89 bits per heavy atom. The number of halogens is 2. The van der Waals surface area contributed by atoms with Crippen LogP contribution in [0.4, 0.5) is 14.6 Å². The molecule has 5 fully saturated rings. The number of hydrogen-bond donors (Lipinski definition) is 5. The first-order valence-electron chi connectivity index (χ1n) is 22.2. The third-order valence-corrected chi connectivity index (χ3v) is 13.6. The van der Waals surface area contributed by atoms with E-state index in [4.69, 9.17) is 19.9 Å². The fourth-order valence-electron chi connectivity index (χ4n) is 9.88. The SMILES string of the molecule is C=C1/C(=C\C=C2/CCC[C@@]3(C)C2CCC3[C@@H](C)/C=C/C(O)C2CC2)C[C@@H](O)C[C@@H]1OC(=O)CCC/C(C)=N/NC(=O)CCC(=O)OCC1OC(n2ccc(N)nc2=O)C(F)(F)C1O. The number of nitrogens with two attached hydrogens (primary N) is 1. The molecule has 0 spiro atoms. The van der Waals surface area contributed by atoms with E-state index in [1.54, 1.807) is 6.92 Å². The van der Waals surface area contributed by atoms with E-state index in [9.17, 15) is 43.3 Å². The van der Waals surface area contributed by atoms with E-state index >= 15 is 0 Å². The molecule has 346 valence electrons. The van der Waals surface area contributed by atoms with Crippen molar-refractivity contribution in [2.45, 2.75) is 153 Å². The van der Waals surface area contributed by atoms with Gasteiger partial charge in [-0.3, -0.25) is 19.0 Å². The first kappa shape index (κ1) is 47.9. The Morgan fingerprint density at radius 1 is 1.13 bits per heavy atom. The van der Waals surface area contributed by atoms with Gasteiger partial charge in [-0.25, -0.2) is 10.2 Å². The van der Waals surface area contributed by atoms with E-state index in [-0.39, 0.29) is 36.6 Å². The van der Waals surface area contributed by atoms with Gasteiger partial charge in [0.05, 0.1) is 18.6 Å². The maximum atomic E-state index is 14.7. The number of rotatable bonds is 17. The number of hydrazone groups is 1. The van der Waals surface area contributed by atoms with Crippen LogP contribution in [0.3, 0.4) is 0 Å². The molecular formula is C46H63F2N5O10. The summed E-state index contributed by atoms with van der Waals surface area (Å²) in [5.74, 6) is -4.23. The standard InChI is InChI=1S/C46H63F2N5O10/c1-26(10-17-35(55)30-12-13-30)33-15-16-34-29(8-6-21-45(33,34)4)11-14-31-23-32(54)24-36(28(31)3)62-41(58)9-5-7-27(2)51-52-39(56)18-19-40(57)61-25-37-42(59)46(47,48)43(63-37)53-22-20-38(49)50-44(53)60/h10-11,14,17,20,22,26,30,32-37,42-43,54-55,59H,3,5-9,12-13,15-16,18-19,21,23-25H2,1-2,4H3,(H,52,56)(H2,49,50,60)/b17-10+,29-11+,31-14-,51-27+/t26-,32+,33?,34?,35?,36-,37?,42?,43?,45+/m0/s1. The van der Waals surface area contributed by atoms with E-state index < -0.39 is 73.1 Å². The topological polar surface area (TPSA) is 225 Å². The summed E-state index contributed by atoms with van der Waals surface area (Å²) in [5, 5.41) is 35.3. The molecule has 6 N–H and O–H groups in total. The number of aliphatic hydroxyl groups excluding tert-OH is 3. The molecule has 1 aromatic rings. The quantitative estimate of drug-likeness (QED) is 0.0577. The second-order valence-corrected chi connectivity index (χ2v) is 18.3. The van der Waals surface area contributed by atoms with Crippen molar-refractivity contribution in [3.63, 3.8) is 0 Å². The summed E-state index contributed by atoms with van der Waals surface area (Å²) in [5.41, 5.74) is 10.3. The van der Waals surface area contributed by atoms with Crippen LogP contribution in [0.5, 0.6) is 0 Å². The summed E-state index contributed by atoms with van der Waals surface area (Å²) in [4.78, 5) is 52.9. The number of aromatic nitrogens is 2. The summed E-state index contributed by atoms with van der Waals surface area (Å²) < 4.78 is 45.8. The third-order valence-electron chi connectivity index (χ3n) is 13.6. The fraction of sp³-hybridized carbons (Fsp3) is 0.652. The lowest BCUT2D eigenvalue weighted by molar-refractivity contribution is -0.151. The van der Waals surface area contributed by atoms with E-state index in [1.807, 2.05) is 6.08 Å². The van der Waals surface area contributed by atoms with E-state index in [0.717, 1.165) is 56.4 Å². The Balaban J connectivity index is 0.899. The fourth-order valence-corrected chi connectivity index (χ4v) is 9.88. The summed E-state index contributed by atoms with van der Waals surface area (Å²) in [6.45, 7) is 9.89. The monoisotopic (exact) mass is 883 g/mol. The number of nitrogen functional groups attached to an aromatic ring is 1. The molecule has 0 radical (unpaired) electrons. The van der Waals surface area contributed by atoms with Crippen LogP contribution >= 0.6 is 0 Å². The number of nitrogens with one attached hydrogen (secondary N) is 1. The van der Waals surface area contributed by atoms with Gasteiger partial charge in [-0.1, -0.05) is 50.3 Å². The Labute approximate surface area is 366 Å². The number of allylic oxidation sites excluding steroid dienone is 4. The first-order valence-corrected chi connectivity index (χ1v) is 22.2. The van der Waals surface area contributed by atoms with E-state index in [0.29, 0.717) is 58.8 Å². The highest BCUT2D eigenvalue weighted by Crippen LogP contribution is 2.59. The molecule has 0 bridgehead atoms. The normalized spacial score (nSPS) is 31.8. The number of carbonyl (C=O) groups is 3. The van der Waals surface area contributed by atoms with Crippen molar-refractivity contribution < 1.29 is 52.7 Å². The number of alkyl halides is 2. The molecule has 2 heterocycles. The average molecular weight is 884 g/mol. The molecule has 63 heavy (non-hydrogen) atoms. The average Bonchev–Trinajstić information content (AvgIpc) is 3.98. The Kier molecular flexibility index (Phi) is 15.6. The number of amides is 1. The molecule has 10 atom stereocenters. The number of esters is 2. The van der Waals surface area contributed by atoms with Crippen molar-refractivity contribution in [2.75, 3.05) is 12.3 Å². The molecule has 5 aliphatic rings. The molecule has 1 amide bonds. The van der Waals surface area contributed by atoms with Gasteiger partial charge in [-0.2, -0.15) is 18.9 Å². The van der Waals surface area contributed by atoms with Crippen LogP contribution in [0.1, 0.15) is 117 Å². The van der Waals surface area contributed by atoms with Gasteiger partial charge in [0.15, 0.2) is 6.10 Å². The van der Waals surface area contributed by atoms with Crippen LogP contribution in [-0.4, -0.2) is 91.5 Å². The zero-order chi connectivity index (χ0) is 45.6. The predicted octanol–water partition coefficient (Wildman–Crippen LogP) is 5.36. The highest BCUT2D eigenvalue weighted by molar-refractivity contribution is 5.86. The second-order valence-electron chi connectivity index (χ2n) is 18.3. The van der Waals surface area contributed by atoms with E-state index in [1.165, 1.54) is 12.0 Å². The lowest BCUT2D eigenvalue weighted by Crippen LogP contribution is -2.42. The van der Waals surface area contributed by atoms with Gasteiger partial charge in [0.2, 0.25) is 12.1 Å². The maximum Gasteiger partial charge on any atom is 0.351 e. The van der Waals surface area contributed by atoms with Gasteiger partial charge in [0, 0.05) is 31.2 Å². The predicted molar refractivity (Wildman–Crippen MR) is 229 cm³/mol. The van der Waals surface area contributed by atoms with Crippen molar-refractivity contribution in [1.29, 1.82) is 0 Å². The molecule has 17 heteroatoms. The molecule has 6 unspecified atom stereocenters.